The number of aliphatic hydroxyl groups excluding tert-OH is 1. The Morgan fingerprint density at radius 3 is 2.58 bits per heavy atom. The molecule has 0 aliphatic carbocycles. The van der Waals surface area contributed by atoms with Crippen molar-refractivity contribution in [3.8, 4) is 0 Å². The molecule has 2 heterocycles. The molecule has 1 aromatic heterocycles. The predicted octanol–water partition coefficient (Wildman–Crippen LogP) is 1.96. The van der Waals surface area contributed by atoms with Gasteiger partial charge in [-0.05, 0) is 24.6 Å². The fourth-order valence-corrected chi connectivity index (χ4v) is 3.41. The number of nitrogens with zero attached hydrogens (tertiary/aromatic N) is 3. The van der Waals surface area contributed by atoms with E-state index in [1.54, 1.807) is 18.3 Å². The Bertz CT molecular complexity index is 650. The molecule has 2 N–H and O–H groups in total. The number of anilines is 2. The van der Waals surface area contributed by atoms with E-state index in [1.807, 2.05) is 35.8 Å². The van der Waals surface area contributed by atoms with Gasteiger partial charge in [0, 0.05) is 43.4 Å². The lowest BCUT2D eigenvalue weighted by Gasteiger charge is -2.34. The van der Waals surface area contributed by atoms with Crippen molar-refractivity contribution in [2.24, 2.45) is 0 Å². The van der Waals surface area contributed by atoms with E-state index in [0.29, 0.717) is 6.54 Å². The standard InChI is InChI=1S/C17H22N4O2S/c1-13(22)14-2-4-15(5-3-14)19-16(23)12-20-7-9-21(10-8-20)17-18-6-11-24-17/h2-6,11,13,22H,7-10,12H2,1H3,(H,19,23). The maximum absolute atomic E-state index is 12.2. The van der Waals surface area contributed by atoms with E-state index in [0.717, 1.165) is 42.6 Å². The number of carbonyl (C=O) groups excluding carboxylic acids is 1. The van der Waals surface area contributed by atoms with E-state index in [9.17, 15) is 9.90 Å². The van der Waals surface area contributed by atoms with Gasteiger partial charge in [0.1, 0.15) is 0 Å². The van der Waals surface area contributed by atoms with Crippen LogP contribution in [-0.2, 0) is 4.79 Å². The Labute approximate surface area is 145 Å². The monoisotopic (exact) mass is 346 g/mol. The highest BCUT2D eigenvalue weighted by Crippen LogP contribution is 2.19. The first-order chi connectivity index (χ1) is 11.6. The first kappa shape index (κ1) is 16.9. The third-order valence-corrected chi connectivity index (χ3v) is 4.94. The summed E-state index contributed by atoms with van der Waals surface area (Å²) in [6.07, 6.45) is 1.33. The molecule has 0 radical (unpaired) electrons. The highest BCUT2D eigenvalue weighted by Gasteiger charge is 2.20. The van der Waals surface area contributed by atoms with Crippen molar-refractivity contribution >= 4 is 28.1 Å². The molecular weight excluding hydrogens is 324 g/mol. The number of hydrogen-bond donors (Lipinski definition) is 2. The number of rotatable bonds is 5. The Kier molecular flexibility index (Phi) is 5.44. The molecule has 1 atom stereocenters. The third-order valence-electron chi connectivity index (χ3n) is 4.11. The van der Waals surface area contributed by atoms with E-state index in [2.05, 4.69) is 20.1 Å². The maximum atomic E-state index is 12.2. The summed E-state index contributed by atoms with van der Waals surface area (Å²) < 4.78 is 0. The second kappa shape index (κ2) is 7.74. The fraction of sp³-hybridized carbons (Fsp3) is 0.412. The van der Waals surface area contributed by atoms with Crippen molar-refractivity contribution in [3.05, 3.63) is 41.4 Å². The number of aliphatic hydroxyl groups is 1. The quantitative estimate of drug-likeness (QED) is 0.866. The second-order valence-corrected chi connectivity index (χ2v) is 6.80. The van der Waals surface area contributed by atoms with Crippen LogP contribution in [-0.4, -0.2) is 53.6 Å². The zero-order chi connectivity index (χ0) is 16.9. The molecule has 0 spiro atoms. The lowest BCUT2D eigenvalue weighted by Crippen LogP contribution is -2.48. The van der Waals surface area contributed by atoms with Crippen molar-refractivity contribution in [1.82, 2.24) is 9.88 Å². The van der Waals surface area contributed by atoms with Crippen molar-refractivity contribution < 1.29 is 9.90 Å². The zero-order valence-electron chi connectivity index (χ0n) is 13.7. The molecule has 24 heavy (non-hydrogen) atoms. The van der Waals surface area contributed by atoms with Gasteiger partial charge in [-0.3, -0.25) is 9.69 Å². The van der Waals surface area contributed by atoms with Crippen LogP contribution >= 0.6 is 11.3 Å². The smallest absolute Gasteiger partial charge is 0.238 e. The molecule has 1 unspecified atom stereocenters. The molecule has 6 nitrogen and oxygen atoms in total. The van der Waals surface area contributed by atoms with Gasteiger partial charge in [0.15, 0.2) is 5.13 Å². The summed E-state index contributed by atoms with van der Waals surface area (Å²) in [6.45, 7) is 5.61. The number of aromatic nitrogens is 1. The summed E-state index contributed by atoms with van der Waals surface area (Å²) in [4.78, 5) is 20.9. The van der Waals surface area contributed by atoms with Crippen LogP contribution in [0.1, 0.15) is 18.6 Å². The molecular formula is C17H22N4O2S. The third kappa shape index (κ3) is 4.31. The van der Waals surface area contributed by atoms with Crippen molar-refractivity contribution in [2.75, 3.05) is 42.9 Å². The van der Waals surface area contributed by atoms with Crippen LogP contribution in [0.15, 0.2) is 35.8 Å². The number of nitrogens with one attached hydrogen (secondary N) is 1. The van der Waals surface area contributed by atoms with Crippen molar-refractivity contribution in [1.29, 1.82) is 0 Å². The summed E-state index contributed by atoms with van der Waals surface area (Å²) in [7, 11) is 0. The first-order valence-electron chi connectivity index (χ1n) is 8.06. The predicted molar refractivity (Wildman–Crippen MR) is 96.5 cm³/mol. The molecule has 3 rings (SSSR count). The summed E-state index contributed by atoms with van der Waals surface area (Å²) in [5.74, 6) is -0.0116. The minimum absolute atomic E-state index is 0.0116. The number of hydrogen-bond acceptors (Lipinski definition) is 6. The van der Waals surface area contributed by atoms with E-state index in [4.69, 9.17) is 0 Å². The minimum Gasteiger partial charge on any atom is -0.389 e. The Morgan fingerprint density at radius 2 is 2.00 bits per heavy atom. The van der Waals surface area contributed by atoms with Gasteiger partial charge < -0.3 is 15.3 Å². The molecule has 1 aliphatic heterocycles. The summed E-state index contributed by atoms with van der Waals surface area (Å²) in [5, 5.41) is 15.4. The molecule has 1 aromatic carbocycles. The normalized spacial score (nSPS) is 16.8. The molecule has 7 heteroatoms. The number of thiazole rings is 1. The number of amides is 1. The van der Waals surface area contributed by atoms with Crippen LogP contribution in [0.4, 0.5) is 10.8 Å². The van der Waals surface area contributed by atoms with Gasteiger partial charge in [0.2, 0.25) is 5.91 Å². The van der Waals surface area contributed by atoms with Gasteiger partial charge in [-0.2, -0.15) is 0 Å². The number of carbonyl (C=O) groups is 1. The molecule has 2 aromatic rings. The van der Waals surface area contributed by atoms with Crippen LogP contribution in [0.5, 0.6) is 0 Å². The van der Waals surface area contributed by atoms with Gasteiger partial charge in [-0.25, -0.2) is 4.98 Å². The minimum atomic E-state index is -0.496. The lowest BCUT2D eigenvalue weighted by atomic mass is 10.1. The molecule has 1 amide bonds. The van der Waals surface area contributed by atoms with Crippen molar-refractivity contribution in [3.63, 3.8) is 0 Å². The first-order valence-corrected chi connectivity index (χ1v) is 8.94. The second-order valence-electron chi connectivity index (χ2n) is 5.92. The number of benzene rings is 1. The van der Waals surface area contributed by atoms with Crippen LogP contribution < -0.4 is 10.2 Å². The van der Waals surface area contributed by atoms with E-state index in [-0.39, 0.29) is 5.91 Å². The summed E-state index contributed by atoms with van der Waals surface area (Å²) in [6, 6.07) is 7.29. The van der Waals surface area contributed by atoms with Gasteiger partial charge in [0.25, 0.3) is 0 Å². The topological polar surface area (TPSA) is 68.7 Å². The molecule has 0 bridgehead atoms. The average molecular weight is 346 g/mol. The number of piperazine rings is 1. The maximum Gasteiger partial charge on any atom is 0.238 e. The molecule has 0 saturated carbocycles. The molecule has 128 valence electrons. The summed E-state index contributed by atoms with van der Waals surface area (Å²) in [5.41, 5.74) is 1.59. The SMILES string of the molecule is CC(O)c1ccc(NC(=O)CN2CCN(c3nccs3)CC2)cc1. The van der Waals surface area contributed by atoms with Crippen LogP contribution in [0.2, 0.25) is 0 Å². The summed E-state index contributed by atoms with van der Waals surface area (Å²) >= 11 is 1.65. The Hall–Kier alpha value is -1.96. The van der Waals surface area contributed by atoms with Gasteiger partial charge >= 0.3 is 0 Å². The molecule has 1 fully saturated rings. The van der Waals surface area contributed by atoms with Gasteiger partial charge in [-0.1, -0.05) is 12.1 Å². The Morgan fingerprint density at radius 1 is 1.29 bits per heavy atom. The fourth-order valence-electron chi connectivity index (χ4n) is 2.72. The lowest BCUT2D eigenvalue weighted by molar-refractivity contribution is -0.117. The van der Waals surface area contributed by atoms with E-state index >= 15 is 0 Å². The van der Waals surface area contributed by atoms with Crippen LogP contribution in [0.25, 0.3) is 0 Å². The van der Waals surface area contributed by atoms with Gasteiger partial charge in [-0.15, -0.1) is 11.3 Å². The highest BCUT2D eigenvalue weighted by atomic mass is 32.1. The van der Waals surface area contributed by atoms with E-state index < -0.39 is 6.10 Å². The molecule has 1 saturated heterocycles. The van der Waals surface area contributed by atoms with Crippen LogP contribution in [0, 0.1) is 0 Å². The van der Waals surface area contributed by atoms with Crippen molar-refractivity contribution in [2.45, 2.75) is 13.0 Å². The van der Waals surface area contributed by atoms with Gasteiger partial charge in [0.05, 0.1) is 12.6 Å². The highest BCUT2D eigenvalue weighted by molar-refractivity contribution is 7.13. The molecule has 1 aliphatic rings. The average Bonchev–Trinajstić information content (AvgIpc) is 3.10. The van der Waals surface area contributed by atoms with Crippen LogP contribution in [0.3, 0.4) is 0 Å². The Balaban J connectivity index is 1.45. The van der Waals surface area contributed by atoms with E-state index in [1.165, 1.54) is 0 Å². The zero-order valence-corrected chi connectivity index (χ0v) is 14.5. The largest absolute Gasteiger partial charge is 0.389 e.